The monoisotopic (exact) mass is 237 g/mol. The minimum Gasteiger partial charge on any atom is -0.494 e. The molecule has 3 heteroatoms. The summed E-state index contributed by atoms with van der Waals surface area (Å²) in [5.41, 5.74) is 1.06. The van der Waals surface area contributed by atoms with Gasteiger partial charge in [-0.2, -0.15) is 0 Å². The molecule has 1 aliphatic rings. The van der Waals surface area contributed by atoms with Gasteiger partial charge in [0.2, 0.25) is 0 Å². The summed E-state index contributed by atoms with van der Waals surface area (Å²) in [4.78, 5) is 0. The van der Waals surface area contributed by atoms with E-state index in [4.69, 9.17) is 4.74 Å². The van der Waals surface area contributed by atoms with E-state index in [0.717, 1.165) is 25.1 Å². The molecule has 1 aromatic carbocycles. The highest BCUT2D eigenvalue weighted by atomic mass is 19.1. The van der Waals surface area contributed by atoms with E-state index in [9.17, 15) is 4.39 Å². The van der Waals surface area contributed by atoms with E-state index in [1.807, 2.05) is 6.07 Å². The molecule has 2 rings (SSSR count). The fraction of sp³-hybridized carbons (Fsp3) is 0.571. The minimum atomic E-state index is -0.263. The van der Waals surface area contributed by atoms with Gasteiger partial charge in [0.15, 0.2) is 11.6 Å². The molecule has 1 aliphatic heterocycles. The molecular formula is C14H20FNO. The van der Waals surface area contributed by atoms with Crippen LogP contribution in [0.15, 0.2) is 18.2 Å². The Labute approximate surface area is 102 Å². The van der Waals surface area contributed by atoms with Crippen molar-refractivity contribution in [2.75, 3.05) is 20.2 Å². The van der Waals surface area contributed by atoms with Crippen molar-refractivity contribution < 1.29 is 9.13 Å². The van der Waals surface area contributed by atoms with Crippen molar-refractivity contribution in [1.82, 2.24) is 5.32 Å². The van der Waals surface area contributed by atoms with Crippen molar-refractivity contribution in [3.05, 3.63) is 29.6 Å². The zero-order chi connectivity index (χ0) is 12.3. The number of ether oxygens (including phenoxy) is 1. The maximum atomic E-state index is 13.6. The Kier molecular flexibility index (Phi) is 4.00. The predicted molar refractivity (Wildman–Crippen MR) is 66.8 cm³/mol. The second kappa shape index (κ2) is 5.50. The van der Waals surface area contributed by atoms with Crippen molar-refractivity contribution in [2.24, 2.45) is 11.8 Å². The summed E-state index contributed by atoms with van der Waals surface area (Å²) in [6.07, 6.45) is 2.15. The van der Waals surface area contributed by atoms with E-state index in [0.29, 0.717) is 17.6 Å². The zero-order valence-corrected chi connectivity index (χ0v) is 10.5. The van der Waals surface area contributed by atoms with Gasteiger partial charge >= 0.3 is 0 Å². The Morgan fingerprint density at radius 1 is 1.47 bits per heavy atom. The molecule has 94 valence electrons. The van der Waals surface area contributed by atoms with Crippen LogP contribution >= 0.6 is 0 Å². The third-order valence-corrected chi connectivity index (χ3v) is 3.70. The van der Waals surface area contributed by atoms with Crippen molar-refractivity contribution >= 4 is 0 Å². The Balaban J connectivity index is 2.05. The normalized spacial score (nSPS) is 24.6. The van der Waals surface area contributed by atoms with Crippen molar-refractivity contribution in [2.45, 2.75) is 19.8 Å². The number of rotatable bonds is 3. The highest BCUT2D eigenvalue weighted by molar-refractivity contribution is 5.29. The van der Waals surface area contributed by atoms with Crippen LogP contribution in [0, 0.1) is 17.7 Å². The van der Waals surface area contributed by atoms with Crippen LogP contribution in [0.5, 0.6) is 5.75 Å². The molecule has 1 saturated heterocycles. The van der Waals surface area contributed by atoms with E-state index in [1.165, 1.54) is 13.5 Å². The lowest BCUT2D eigenvalue weighted by molar-refractivity contribution is 0.272. The molecule has 1 heterocycles. The highest BCUT2D eigenvalue weighted by Crippen LogP contribution is 2.25. The van der Waals surface area contributed by atoms with Crippen LogP contribution in [0.3, 0.4) is 0 Å². The van der Waals surface area contributed by atoms with Gasteiger partial charge in [0, 0.05) is 0 Å². The van der Waals surface area contributed by atoms with Crippen LogP contribution in [0.2, 0.25) is 0 Å². The minimum absolute atomic E-state index is 0.263. The summed E-state index contributed by atoms with van der Waals surface area (Å²) < 4.78 is 18.5. The number of nitrogens with one attached hydrogen (secondary N) is 1. The summed E-state index contributed by atoms with van der Waals surface area (Å²) in [6, 6.07) is 5.27. The summed E-state index contributed by atoms with van der Waals surface area (Å²) in [7, 11) is 1.49. The van der Waals surface area contributed by atoms with Gasteiger partial charge in [-0.15, -0.1) is 0 Å². The summed E-state index contributed by atoms with van der Waals surface area (Å²) in [6.45, 7) is 4.43. The lowest BCUT2D eigenvalue weighted by atomic mass is 9.83. The molecule has 0 aliphatic carbocycles. The molecule has 2 unspecified atom stereocenters. The largest absolute Gasteiger partial charge is 0.494 e. The Hall–Kier alpha value is -1.09. The summed E-state index contributed by atoms with van der Waals surface area (Å²) in [5, 5.41) is 3.40. The quantitative estimate of drug-likeness (QED) is 0.872. The number of halogens is 1. The number of methoxy groups -OCH3 is 1. The molecule has 1 N–H and O–H groups in total. The Morgan fingerprint density at radius 3 is 2.94 bits per heavy atom. The van der Waals surface area contributed by atoms with Gasteiger partial charge in [-0.25, -0.2) is 4.39 Å². The lowest BCUT2D eigenvalue weighted by Gasteiger charge is -2.29. The smallest absolute Gasteiger partial charge is 0.165 e. The molecule has 0 amide bonds. The second-order valence-corrected chi connectivity index (χ2v) is 4.90. The van der Waals surface area contributed by atoms with Crippen LogP contribution in [-0.2, 0) is 6.42 Å². The third-order valence-electron chi connectivity index (χ3n) is 3.70. The number of benzene rings is 1. The molecule has 2 atom stereocenters. The molecule has 17 heavy (non-hydrogen) atoms. The second-order valence-electron chi connectivity index (χ2n) is 4.90. The first-order valence-electron chi connectivity index (χ1n) is 6.24. The van der Waals surface area contributed by atoms with Crippen LogP contribution in [-0.4, -0.2) is 20.2 Å². The molecule has 0 bridgehead atoms. The number of piperidine rings is 1. The average Bonchev–Trinajstić information content (AvgIpc) is 2.32. The molecule has 0 aromatic heterocycles. The van der Waals surface area contributed by atoms with E-state index in [1.54, 1.807) is 12.1 Å². The molecule has 0 spiro atoms. The topological polar surface area (TPSA) is 21.3 Å². The predicted octanol–water partition coefficient (Wildman–Crippen LogP) is 2.62. The first-order chi connectivity index (χ1) is 8.20. The molecular weight excluding hydrogens is 217 g/mol. The van der Waals surface area contributed by atoms with Gasteiger partial charge in [-0.1, -0.05) is 13.0 Å². The van der Waals surface area contributed by atoms with Gasteiger partial charge in [-0.05, 0) is 55.5 Å². The summed E-state index contributed by atoms with van der Waals surface area (Å²) in [5.74, 6) is 1.38. The van der Waals surface area contributed by atoms with Crippen LogP contribution in [0.4, 0.5) is 4.39 Å². The van der Waals surface area contributed by atoms with Crippen molar-refractivity contribution in [3.63, 3.8) is 0 Å². The maximum absolute atomic E-state index is 13.6. The van der Waals surface area contributed by atoms with E-state index in [2.05, 4.69) is 12.2 Å². The SMILES string of the molecule is COc1ccc(CC2CNCCC2C)cc1F. The standard InChI is InChI=1S/C14H20FNO/c1-10-5-6-16-9-12(10)7-11-3-4-14(17-2)13(15)8-11/h3-4,8,10,12,16H,5-7,9H2,1-2H3. The van der Waals surface area contributed by atoms with E-state index < -0.39 is 0 Å². The first kappa shape index (κ1) is 12.4. The number of hydrogen-bond acceptors (Lipinski definition) is 2. The van der Waals surface area contributed by atoms with Gasteiger partial charge in [0.1, 0.15) is 0 Å². The number of hydrogen-bond donors (Lipinski definition) is 1. The van der Waals surface area contributed by atoms with E-state index in [-0.39, 0.29) is 5.82 Å². The Morgan fingerprint density at radius 2 is 2.29 bits per heavy atom. The average molecular weight is 237 g/mol. The third kappa shape index (κ3) is 2.97. The fourth-order valence-corrected chi connectivity index (χ4v) is 2.47. The van der Waals surface area contributed by atoms with E-state index >= 15 is 0 Å². The molecule has 1 aromatic rings. The summed E-state index contributed by atoms with van der Waals surface area (Å²) >= 11 is 0. The Bertz CT molecular complexity index is 380. The van der Waals surface area contributed by atoms with Gasteiger partial charge in [-0.3, -0.25) is 0 Å². The lowest BCUT2D eigenvalue weighted by Crippen LogP contribution is -2.36. The van der Waals surface area contributed by atoms with Crippen LogP contribution in [0.25, 0.3) is 0 Å². The van der Waals surface area contributed by atoms with Crippen molar-refractivity contribution in [3.8, 4) is 5.75 Å². The van der Waals surface area contributed by atoms with Crippen molar-refractivity contribution in [1.29, 1.82) is 0 Å². The van der Waals surface area contributed by atoms with Crippen LogP contribution < -0.4 is 10.1 Å². The zero-order valence-electron chi connectivity index (χ0n) is 10.5. The maximum Gasteiger partial charge on any atom is 0.165 e. The molecule has 0 radical (unpaired) electrons. The first-order valence-corrected chi connectivity index (χ1v) is 6.24. The molecule has 1 fully saturated rings. The fourth-order valence-electron chi connectivity index (χ4n) is 2.47. The van der Waals surface area contributed by atoms with Gasteiger partial charge in [0.25, 0.3) is 0 Å². The van der Waals surface area contributed by atoms with Crippen LogP contribution in [0.1, 0.15) is 18.9 Å². The molecule has 2 nitrogen and oxygen atoms in total. The molecule has 0 saturated carbocycles. The van der Waals surface area contributed by atoms with Gasteiger partial charge in [0.05, 0.1) is 7.11 Å². The highest BCUT2D eigenvalue weighted by Gasteiger charge is 2.21. The van der Waals surface area contributed by atoms with Gasteiger partial charge < -0.3 is 10.1 Å².